The fraction of sp³-hybridized carbons (Fsp3) is 0.625. The summed E-state index contributed by atoms with van der Waals surface area (Å²) in [5.74, 6) is 1.000. The van der Waals surface area contributed by atoms with Crippen molar-refractivity contribution in [2.75, 3.05) is 12.9 Å². The minimum Gasteiger partial charge on any atom is -0.490 e. The summed E-state index contributed by atoms with van der Waals surface area (Å²) in [6, 6.07) is 5.28. The molecule has 1 aromatic rings. The summed E-state index contributed by atoms with van der Waals surface area (Å²) in [6.07, 6.45) is 4.16. The van der Waals surface area contributed by atoms with Crippen LogP contribution in [0.25, 0.3) is 0 Å². The number of hydrogen-bond acceptors (Lipinski definition) is 5. The van der Waals surface area contributed by atoms with Gasteiger partial charge in [-0.1, -0.05) is 19.4 Å². The van der Waals surface area contributed by atoms with Crippen molar-refractivity contribution < 1.29 is 13.9 Å². The fourth-order valence-corrected chi connectivity index (χ4v) is 4.40. The van der Waals surface area contributed by atoms with Crippen molar-refractivity contribution in [3.8, 4) is 5.75 Å². The van der Waals surface area contributed by atoms with Gasteiger partial charge in [-0.3, -0.25) is 14.3 Å². The number of nitrogens with zero attached hydrogens (tertiary/aromatic N) is 1. The SMILES string of the molecule is CC[S@](=O)[C@H]1CCC[C@@H](NCc2ccc([N+](=O)[O-])c(OC)c2)C1. The molecule has 0 radical (unpaired) electrons. The molecule has 1 aliphatic carbocycles. The summed E-state index contributed by atoms with van der Waals surface area (Å²) in [5, 5.41) is 14.7. The molecule has 0 amide bonds. The first kappa shape index (κ1) is 17.9. The van der Waals surface area contributed by atoms with E-state index < -0.39 is 15.7 Å². The predicted octanol–water partition coefficient (Wildman–Crippen LogP) is 2.77. The van der Waals surface area contributed by atoms with Crippen LogP contribution in [0, 0.1) is 10.1 Å². The Labute approximate surface area is 139 Å². The maximum absolute atomic E-state index is 12.0. The maximum atomic E-state index is 12.0. The van der Waals surface area contributed by atoms with Gasteiger partial charge in [-0.25, -0.2) is 0 Å². The molecule has 1 aliphatic rings. The van der Waals surface area contributed by atoms with Crippen LogP contribution < -0.4 is 10.1 Å². The van der Waals surface area contributed by atoms with Crippen LogP contribution in [0.5, 0.6) is 5.75 Å². The van der Waals surface area contributed by atoms with Crippen molar-refractivity contribution >= 4 is 16.5 Å². The van der Waals surface area contributed by atoms with Crippen molar-refractivity contribution in [2.24, 2.45) is 0 Å². The molecule has 2 rings (SSSR count). The highest BCUT2D eigenvalue weighted by atomic mass is 32.2. The second-order valence-corrected chi connectivity index (χ2v) is 7.80. The number of nitrogens with one attached hydrogen (secondary N) is 1. The van der Waals surface area contributed by atoms with Crippen LogP contribution in [-0.4, -0.2) is 33.3 Å². The Hall–Kier alpha value is -1.47. The summed E-state index contributed by atoms with van der Waals surface area (Å²) in [4.78, 5) is 10.5. The average molecular weight is 340 g/mol. The molecule has 0 unspecified atom stereocenters. The first-order valence-corrected chi connectivity index (χ1v) is 9.35. The van der Waals surface area contributed by atoms with Gasteiger partial charge in [0.1, 0.15) is 0 Å². The highest BCUT2D eigenvalue weighted by molar-refractivity contribution is 7.85. The van der Waals surface area contributed by atoms with Gasteiger partial charge in [0.2, 0.25) is 0 Å². The number of methoxy groups -OCH3 is 1. The van der Waals surface area contributed by atoms with Crippen LogP contribution >= 0.6 is 0 Å². The molecule has 1 fully saturated rings. The normalized spacial score (nSPS) is 22.5. The quantitative estimate of drug-likeness (QED) is 0.610. The van der Waals surface area contributed by atoms with E-state index in [0.29, 0.717) is 12.6 Å². The number of benzene rings is 1. The van der Waals surface area contributed by atoms with Gasteiger partial charge in [-0.15, -0.1) is 0 Å². The Morgan fingerprint density at radius 2 is 2.22 bits per heavy atom. The van der Waals surface area contributed by atoms with Crippen molar-refractivity contribution in [3.63, 3.8) is 0 Å². The van der Waals surface area contributed by atoms with E-state index >= 15 is 0 Å². The monoisotopic (exact) mass is 340 g/mol. The molecule has 6 nitrogen and oxygen atoms in total. The lowest BCUT2D eigenvalue weighted by molar-refractivity contribution is -0.385. The Morgan fingerprint density at radius 1 is 1.43 bits per heavy atom. The Bertz CT molecular complexity index is 579. The molecule has 1 N–H and O–H groups in total. The maximum Gasteiger partial charge on any atom is 0.310 e. The molecule has 7 heteroatoms. The number of hydrogen-bond donors (Lipinski definition) is 1. The van der Waals surface area contributed by atoms with Gasteiger partial charge in [-0.05, 0) is 30.9 Å². The third-order valence-corrected chi connectivity index (χ3v) is 6.06. The van der Waals surface area contributed by atoms with E-state index in [2.05, 4.69) is 5.32 Å². The molecule has 3 atom stereocenters. The van der Waals surface area contributed by atoms with Crippen LogP contribution in [0.15, 0.2) is 18.2 Å². The van der Waals surface area contributed by atoms with E-state index in [0.717, 1.165) is 37.0 Å². The molecule has 1 saturated carbocycles. The van der Waals surface area contributed by atoms with Gasteiger partial charge in [0.25, 0.3) is 0 Å². The molecule has 0 bridgehead atoms. The van der Waals surface area contributed by atoms with Gasteiger partial charge >= 0.3 is 5.69 Å². The molecular weight excluding hydrogens is 316 g/mol. The third kappa shape index (κ3) is 4.75. The molecular formula is C16H24N2O4S. The van der Waals surface area contributed by atoms with Crippen LogP contribution in [-0.2, 0) is 17.3 Å². The summed E-state index contributed by atoms with van der Waals surface area (Å²) in [7, 11) is 0.705. The number of nitro groups is 1. The zero-order valence-corrected chi connectivity index (χ0v) is 14.4. The van der Waals surface area contributed by atoms with Gasteiger partial charge in [0.15, 0.2) is 5.75 Å². The smallest absolute Gasteiger partial charge is 0.310 e. The standard InChI is InChI=1S/C16H24N2O4S/c1-3-23(21)14-6-4-5-13(10-14)17-11-12-7-8-15(18(19)20)16(9-12)22-2/h7-9,13-14,17H,3-6,10-11H2,1-2H3/t13-,14+,23+/m1/s1. The van der Waals surface area contributed by atoms with Gasteiger partial charge < -0.3 is 10.1 Å². The van der Waals surface area contributed by atoms with Gasteiger partial charge in [0, 0.05) is 40.5 Å². The van der Waals surface area contributed by atoms with Crippen LogP contribution in [0.4, 0.5) is 5.69 Å². The second kappa shape index (κ2) is 8.40. The summed E-state index contributed by atoms with van der Waals surface area (Å²) in [6.45, 7) is 2.60. The van der Waals surface area contributed by atoms with Gasteiger partial charge in [0.05, 0.1) is 12.0 Å². The van der Waals surface area contributed by atoms with Crippen LogP contribution in [0.3, 0.4) is 0 Å². The second-order valence-electron chi connectivity index (χ2n) is 5.80. The number of rotatable bonds is 7. The van der Waals surface area contributed by atoms with Crippen molar-refractivity contribution in [1.82, 2.24) is 5.32 Å². The number of nitro benzene ring substituents is 1. The van der Waals surface area contributed by atoms with E-state index in [1.165, 1.54) is 13.2 Å². The number of ether oxygens (including phenoxy) is 1. The summed E-state index contributed by atoms with van der Waals surface area (Å²) >= 11 is 0. The molecule has 0 aromatic heterocycles. The lowest BCUT2D eigenvalue weighted by Crippen LogP contribution is -2.37. The zero-order chi connectivity index (χ0) is 16.8. The highest BCUT2D eigenvalue weighted by Crippen LogP contribution is 2.28. The summed E-state index contributed by atoms with van der Waals surface area (Å²) in [5.41, 5.74) is 0.929. The zero-order valence-electron chi connectivity index (χ0n) is 13.6. The van der Waals surface area contributed by atoms with Crippen molar-refractivity contribution in [3.05, 3.63) is 33.9 Å². The predicted molar refractivity (Wildman–Crippen MR) is 91.2 cm³/mol. The molecule has 0 heterocycles. The van der Waals surface area contributed by atoms with Crippen LogP contribution in [0.2, 0.25) is 0 Å². The molecule has 128 valence electrons. The van der Waals surface area contributed by atoms with E-state index in [1.807, 2.05) is 6.92 Å². The molecule has 23 heavy (non-hydrogen) atoms. The minimum atomic E-state index is -0.731. The van der Waals surface area contributed by atoms with Crippen molar-refractivity contribution in [2.45, 2.75) is 50.4 Å². The fourth-order valence-electron chi connectivity index (χ4n) is 3.05. The first-order valence-electron chi connectivity index (χ1n) is 7.97. The molecule has 1 aromatic carbocycles. The highest BCUT2D eigenvalue weighted by Gasteiger charge is 2.25. The lowest BCUT2D eigenvalue weighted by Gasteiger charge is -2.29. The Balaban J connectivity index is 1.95. The van der Waals surface area contributed by atoms with Gasteiger partial charge in [-0.2, -0.15) is 0 Å². The Morgan fingerprint density at radius 3 is 2.87 bits per heavy atom. The van der Waals surface area contributed by atoms with E-state index in [1.54, 1.807) is 12.1 Å². The lowest BCUT2D eigenvalue weighted by atomic mass is 9.95. The minimum absolute atomic E-state index is 0.0210. The topological polar surface area (TPSA) is 81.5 Å². The third-order valence-electron chi connectivity index (χ3n) is 4.32. The Kier molecular flexibility index (Phi) is 6.53. The van der Waals surface area contributed by atoms with Crippen LogP contribution in [0.1, 0.15) is 38.2 Å². The van der Waals surface area contributed by atoms with E-state index in [-0.39, 0.29) is 16.7 Å². The molecule has 0 spiro atoms. The first-order chi connectivity index (χ1) is 11.0. The van der Waals surface area contributed by atoms with Crippen molar-refractivity contribution in [1.29, 1.82) is 0 Å². The molecule has 0 saturated heterocycles. The average Bonchev–Trinajstić information content (AvgIpc) is 2.59. The van der Waals surface area contributed by atoms with E-state index in [4.69, 9.17) is 4.74 Å². The van der Waals surface area contributed by atoms with E-state index in [9.17, 15) is 14.3 Å². The molecule has 0 aliphatic heterocycles. The largest absolute Gasteiger partial charge is 0.490 e. The summed E-state index contributed by atoms with van der Waals surface area (Å²) < 4.78 is 17.1.